The van der Waals surface area contributed by atoms with E-state index in [0.29, 0.717) is 0 Å². The summed E-state index contributed by atoms with van der Waals surface area (Å²) in [6, 6.07) is 108. The minimum atomic E-state index is 1.08. The van der Waals surface area contributed by atoms with Gasteiger partial charge in [-0.25, -0.2) is 0 Å². The van der Waals surface area contributed by atoms with Crippen molar-refractivity contribution in [1.29, 1.82) is 0 Å². The quantitative estimate of drug-likeness (QED) is 0.140. The van der Waals surface area contributed by atoms with Crippen LogP contribution in [0.15, 0.2) is 291 Å². The number of rotatable bonds is 8. The monoisotopic (exact) mass is 964 g/mol. The average molecular weight is 965 g/mol. The summed E-state index contributed by atoms with van der Waals surface area (Å²) in [7, 11) is 0. The summed E-state index contributed by atoms with van der Waals surface area (Å²) >= 11 is 0. The molecule has 15 aromatic rings. The summed E-state index contributed by atoms with van der Waals surface area (Å²) in [5.41, 5.74) is 11.4. The Morgan fingerprint density at radius 1 is 0.171 bits per heavy atom. The van der Waals surface area contributed by atoms with Crippen LogP contribution < -0.4 is 9.80 Å². The van der Waals surface area contributed by atoms with Crippen molar-refractivity contribution in [2.45, 2.75) is 0 Å². The predicted octanol–water partition coefficient (Wildman–Crippen LogP) is 21.2. The lowest BCUT2D eigenvalue weighted by Gasteiger charge is -2.29. The van der Waals surface area contributed by atoms with E-state index in [0.717, 1.165) is 34.1 Å². The average Bonchev–Trinajstić information content (AvgIpc) is 3.50. The standard InChI is InChI=1S/C74H48N2/c1-5-21-55-43-59(33-31-49(55)15-1)73-67-41-39-64(76(62-38-36-52-18-4-8-24-58(52)46-62)72-30-14-26-54-20-10-12-28-66(54)72)48-70(67)74(60-34-32-50-16-2-6-22-56(50)44-60)68-42-40-63(47-69(68)73)75(61-37-35-51-17-3-7-23-57(51)45-61)71-29-13-25-53-19-9-11-27-65(53)71/h1-48H. The molecule has 0 fully saturated rings. The van der Waals surface area contributed by atoms with E-state index in [4.69, 9.17) is 0 Å². The smallest absolute Gasteiger partial charge is 0.0540 e. The molecule has 0 atom stereocenters. The summed E-state index contributed by atoms with van der Waals surface area (Å²) in [6.45, 7) is 0. The normalized spacial score (nSPS) is 11.7. The van der Waals surface area contributed by atoms with E-state index in [1.54, 1.807) is 0 Å². The molecule has 0 amide bonds. The predicted molar refractivity (Wildman–Crippen MR) is 327 cm³/mol. The van der Waals surface area contributed by atoms with Gasteiger partial charge in [-0.1, -0.05) is 218 Å². The first kappa shape index (κ1) is 43.6. The van der Waals surface area contributed by atoms with Crippen molar-refractivity contribution in [3.05, 3.63) is 291 Å². The molecule has 2 nitrogen and oxygen atoms in total. The Morgan fingerprint density at radius 2 is 0.474 bits per heavy atom. The molecular weight excluding hydrogens is 917 g/mol. The van der Waals surface area contributed by atoms with Gasteiger partial charge in [-0.2, -0.15) is 0 Å². The molecule has 0 unspecified atom stereocenters. The zero-order valence-electron chi connectivity index (χ0n) is 41.6. The van der Waals surface area contributed by atoms with Crippen LogP contribution in [0.4, 0.5) is 34.1 Å². The number of hydrogen-bond donors (Lipinski definition) is 0. The minimum Gasteiger partial charge on any atom is -0.310 e. The number of nitrogens with zero attached hydrogens (tertiary/aromatic N) is 2. The largest absolute Gasteiger partial charge is 0.310 e. The molecule has 354 valence electrons. The summed E-state index contributed by atoms with van der Waals surface area (Å²) < 4.78 is 0. The fourth-order valence-electron chi connectivity index (χ4n) is 12.1. The fraction of sp³-hybridized carbons (Fsp3) is 0. The van der Waals surface area contributed by atoms with E-state index >= 15 is 0 Å². The Bertz CT molecular complexity index is 4480. The van der Waals surface area contributed by atoms with Crippen molar-refractivity contribution in [2.75, 3.05) is 9.80 Å². The van der Waals surface area contributed by atoms with Crippen LogP contribution in [0.2, 0.25) is 0 Å². The van der Waals surface area contributed by atoms with Gasteiger partial charge in [0.2, 0.25) is 0 Å². The molecule has 0 aliphatic rings. The van der Waals surface area contributed by atoms with Crippen LogP contribution in [0.1, 0.15) is 0 Å². The lowest BCUT2D eigenvalue weighted by atomic mass is 9.84. The lowest BCUT2D eigenvalue weighted by Crippen LogP contribution is -2.11. The van der Waals surface area contributed by atoms with Crippen LogP contribution >= 0.6 is 0 Å². The van der Waals surface area contributed by atoms with E-state index in [2.05, 4.69) is 301 Å². The molecule has 0 aliphatic carbocycles. The van der Waals surface area contributed by atoms with Gasteiger partial charge in [0.25, 0.3) is 0 Å². The Balaban J connectivity index is 1.06. The molecule has 0 saturated heterocycles. The van der Waals surface area contributed by atoms with Gasteiger partial charge in [-0.05, 0) is 170 Å². The highest BCUT2D eigenvalue weighted by Gasteiger charge is 2.24. The first-order chi connectivity index (χ1) is 37.7. The van der Waals surface area contributed by atoms with Gasteiger partial charge in [0, 0.05) is 33.5 Å². The molecule has 0 spiro atoms. The van der Waals surface area contributed by atoms with Gasteiger partial charge in [-0.15, -0.1) is 0 Å². The summed E-state index contributed by atoms with van der Waals surface area (Å²) in [4.78, 5) is 4.93. The topological polar surface area (TPSA) is 6.48 Å². The lowest BCUT2D eigenvalue weighted by molar-refractivity contribution is 1.31. The summed E-state index contributed by atoms with van der Waals surface area (Å²) in [5, 5.41) is 19.2. The number of anilines is 6. The van der Waals surface area contributed by atoms with E-state index in [1.165, 1.54) is 108 Å². The van der Waals surface area contributed by atoms with Crippen LogP contribution in [0.25, 0.3) is 108 Å². The third-order valence-electron chi connectivity index (χ3n) is 15.7. The van der Waals surface area contributed by atoms with E-state index in [9.17, 15) is 0 Å². The first-order valence-electron chi connectivity index (χ1n) is 26.2. The number of hydrogen-bond acceptors (Lipinski definition) is 2. The van der Waals surface area contributed by atoms with Crippen LogP contribution in [0, 0.1) is 0 Å². The highest BCUT2D eigenvalue weighted by molar-refractivity contribution is 6.24. The molecule has 2 heteroatoms. The van der Waals surface area contributed by atoms with Crippen molar-refractivity contribution >= 4 is 120 Å². The molecule has 0 radical (unpaired) electrons. The molecule has 0 saturated carbocycles. The van der Waals surface area contributed by atoms with E-state index < -0.39 is 0 Å². The molecule has 15 aromatic carbocycles. The highest BCUT2D eigenvalue weighted by Crippen LogP contribution is 2.50. The third-order valence-corrected chi connectivity index (χ3v) is 15.7. The number of benzene rings is 15. The van der Waals surface area contributed by atoms with Crippen LogP contribution in [-0.2, 0) is 0 Å². The molecular formula is C74H48N2. The molecule has 76 heavy (non-hydrogen) atoms. The van der Waals surface area contributed by atoms with Gasteiger partial charge in [0.15, 0.2) is 0 Å². The van der Waals surface area contributed by atoms with Gasteiger partial charge >= 0.3 is 0 Å². The van der Waals surface area contributed by atoms with Crippen molar-refractivity contribution in [3.63, 3.8) is 0 Å². The first-order valence-corrected chi connectivity index (χ1v) is 26.2. The van der Waals surface area contributed by atoms with Crippen molar-refractivity contribution in [2.24, 2.45) is 0 Å². The maximum absolute atomic E-state index is 2.47. The highest BCUT2D eigenvalue weighted by atomic mass is 15.1. The van der Waals surface area contributed by atoms with E-state index in [-0.39, 0.29) is 0 Å². The summed E-state index contributed by atoms with van der Waals surface area (Å²) in [5.74, 6) is 0. The van der Waals surface area contributed by atoms with Crippen molar-refractivity contribution in [3.8, 4) is 22.3 Å². The molecule has 0 aliphatic heterocycles. The zero-order valence-corrected chi connectivity index (χ0v) is 41.6. The maximum atomic E-state index is 2.47. The van der Waals surface area contributed by atoms with Gasteiger partial charge in [-0.3, -0.25) is 0 Å². The maximum Gasteiger partial charge on any atom is 0.0540 e. The fourth-order valence-corrected chi connectivity index (χ4v) is 12.1. The Kier molecular flexibility index (Phi) is 10.2. The van der Waals surface area contributed by atoms with Crippen molar-refractivity contribution < 1.29 is 0 Å². The van der Waals surface area contributed by atoms with Gasteiger partial charge < -0.3 is 9.80 Å². The van der Waals surface area contributed by atoms with E-state index in [1.807, 2.05) is 0 Å². The SMILES string of the molecule is c1ccc2cc(-c3c4ccc(N(c5ccc6ccccc6c5)c5cccc6ccccc56)cc4c(-c4ccc5ccccc5c4)c4ccc(N(c5ccc6ccccc6c5)c5cccc6ccccc56)cc34)ccc2c1. The summed E-state index contributed by atoms with van der Waals surface area (Å²) in [6.07, 6.45) is 0. The third kappa shape index (κ3) is 7.34. The van der Waals surface area contributed by atoms with Gasteiger partial charge in [0.1, 0.15) is 0 Å². The van der Waals surface area contributed by atoms with Crippen LogP contribution in [-0.4, -0.2) is 0 Å². The molecule has 0 bridgehead atoms. The minimum absolute atomic E-state index is 1.08. The van der Waals surface area contributed by atoms with Gasteiger partial charge in [0.05, 0.1) is 11.4 Å². The van der Waals surface area contributed by atoms with Crippen LogP contribution in [0.5, 0.6) is 0 Å². The molecule has 0 heterocycles. The Labute approximate surface area is 441 Å². The number of fused-ring (bicyclic) bond motifs is 8. The zero-order chi connectivity index (χ0) is 50.1. The molecule has 0 aromatic heterocycles. The van der Waals surface area contributed by atoms with Crippen LogP contribution in [0.3, 0.4) is 0 Å². The Hall–Kier alpha value is -10.0. The second-order valence-electron chi connectivity index (χ2n) is 20.1. The second-order valence-corrected chi connectivity index (χ2v) is 20.1. The Morgan fingerprint density at radius 3 is 0.882 bits per heavy atom. The second kappa shape index (κ2) is 17.9. The molecule has 15 rings (SSSR count). The van der Waals surface area contributed by atoms with Crippen molar-refractivity contribution in [1.82, 2.24) is 0 Å². The molecule has 0 N–H and O–H groups in total.